The molecule has 0 aliphatic rings. The van der Waals surface area contributed by atoms with Gasteiger partial charge in [-0.05, 0) is 25.6 Å². The lowest BCUT2D eigenvalue weighted by Gasteiger charge is -2.07. The molecule has 0 unspecified atom stereocenters. The van der Waals surface area contributed by atoms with Gasteiger partial charge in [0.05, 0.1) is 0 Å². The fraction of sp³-hybridized carbons (Fsp3) is 0.556. The lowest BCUT2D eigenvalue weighted by molar-refractivity contribution is -0.121. The number of thiophene rings is 1. The summed E-state index contributed by atoms with van der Waals surface area (Å²) >= 11 is 0.961. The summed E-state index contributed by atoms with van der Waals surface area (Å²) < 4.78 is 60.6. The second kappa shape index (κ2) is 5.55. The van der Waals surface area contributed by atoms with Crippen LogP contribution in [0.3, 0.4) is 0 Å². The van der Waals surface area contributed by atoms with Crippen molar-refractivity contribution >= 4 is 21.4 Å². The first-order chi connectivity index (χ1) is 8.15. The maximum Gasteiger partial charge on any atom is 0.402 e. The molecule has 0 bridgehead atoms. The summed E-state index contributed by atoms with van der Waals surface area (Å²) in [6.45, 7) is 0.630. The molecule has 0 radical (unpaired) electrons. The first-order valence-corrected chi connectivity index (χ1v) is 7.26. The first-order valence-electron chi connectivity index (χ1n) is 4.96. The fourth-order valence-corrected chi connectivity index (χ4v) is 3.87. The highest BCUT2D eigenvalue weighted by atomic mass is 32.2. The highest BCUT2D eigenvalue weighted by Crippen LogP contribution is 2.26. The van der Waals surface area contributed by atoms with E-state index in [0.29, 0.717) is 6.54 Å². The van der Waals surface area contributed by atoms with Gasteiger partial charge in [-0.3, -0.25) is 0 Å². The van der Waals surface area contributed by atoms with Crippen molar-refractivity contribution in [2.75, 3.05) is 13.6 Å². The minimum Gasteiger partial charge on any atom is -0.315 e. The smallest absolute Gasteiger partial charge is 0.315 e. The lowest BCUT2D eigenvalue weighted by Crippen LogP contribution is -2.33. The number of sulfonamides is 1. The molecular formula is C9H13F3N2O2S2. The zero-order valence-electron chi connectivity index (χ0n) is 9.76. The van der Waals surface area contributed by atoms with Crippen LogP contribution in [0.5, 0.6) is 0 Å². The molecule has 0 saturated heterocycles. The zero-order valence-corrected chi connectivity index (χ0v) is 11.4. The summed E-state index contributed by atoms with van der Waals surface area (Å²) in [4.78, 5) is 0.782. The minimum absolute atomic E-state index is 0.102. The van der Waals surface area contributed by atoms with E-state index in [1.807, 2.05) is 0 Å². The summed E-state index contributed by atoms with van der Waals surface area (Å²) in [5, 5.41) is 2.86. The number of rotatable bonds is 5. The monoisotopic (exact) mass is 302 g/mol. The van der Waals surface area contributed by atoms with E-state index < -0.39 is 22.7 Å². The molecule has 0 atom stereocenters. The van der Waals surface area contributed by atoms with Crippen molar-refractivity contribution < 1.29 is 21.6 Å². The van der Waals surface area contributed by atoms with E-state index in [-0.39, 0.29) is 4.21 Å². The summed E-state index contributed by atoms with van der Waals surface area (Å²) in [6.07, 6.45) is -4.56. The van der Waals surface area contributed by atoms with Crippen LogP contribution >= 0.6 is 11.3 Å². The van der Waals surface area contributed by atoms with Gasteiger partial charge in [0.15, 0.2) is 0 Å². The molecule has 0 spiro atoms. The minimum atomic E-state index is -4.56. The lowest BCUT2D eigenvalue weighted by atomic mass is 10.3. The van der Waals surface area contributed by atoms with Gasteiger partial charge < -0.3 is 5.32 Å². The van der Waals surface area contributed by atoms with Crippen molar-refractivity contribution in [1.29, 1.82) is 0 Å². The third-order valence-corrected chi connectivity index (χ3v) is 5.17. The van der Waals surface area contributed by atoms with Gasteiger partial charge in [-0.2, -0.15) is 13.2 Å². The van der Waals surface area contributed by atoms with Gasteiger partial charge in [0.2, 0.25) is 10.0 Å². The largest absolute Gasteiger partial charge is 0.402 e. The summed E-state index contributed by atoms with van der Waals surface area (Å²) in [7, 11) is -2.39. The predicted octanol–water partition coefficient (Wildman–Crippen LogP) is 1.62. The zero-order chi connectivity index (χ0) is 14.0. The van der Waals surface area contributed by atoms with Crippen molar-refractivity contribution in [2.45, 2.75) is 23.9 Å². The molecule has 2 N–H and O–H groups in total. The number of aryl methyl sites for hydroxylation is 1. The first kappa shape index (κ1) is 15.4. The second-order valence-electron chi connectivity index (χ2n) is 3.64. The maximum absolute atomic E-state index is 12.0. The van der Waals surface area contributed by atoms with Gasteiger partial charge in [-0.25, -0.2) is 13.1 Å². The molecular weight excluding hydrogens is 289 g/mol. The van der Waals surface area contributed by atoms with Gasteiger partial charge in [0.1, 0.15) is 10.8 Å². The Hall–Kier alpha value is -0.640. The van der Waals surface area contributed by atoms with Crippen LogP contribution in [0.15, 0.2) is 10.3 Å². The van der Waals surface area contributed by atoms with Crippen LogP contribution in [0.4, 0.5) is 13.2 Å². The van der Waals surface area contributed by atoms with Gasteiger partial charge in [-0.15, -0.1) is 11.3 Å². The molecule has 0 fully saturated rings. The molecule has 0 aromatic carbocycles. The molecule has 0 amide bonds. The molecule has 1 rings (SSSR count). The summed E-state index contributed by atoms with van der Waals surface area (Å²) in [5.74, 6) is 0. The molecule has 9 heteroatoms. The van der Waals surface area contributed by atoms with Gasteiger partial charge in [-0.1, -0.05) is 0 Å². The normalized spacial score (nSPS) is 12.9. The van der Waals surface area contributed by atoms with E-state index in [9.17, 15) is 21.6 Å². The number of hydrogen-bond donors (Lipinski definition) is 2. The van der Waals surface area contributed by atoms with Crippen LogP contribution in [0.2, 0.25) is 0 Å². The van der Waals surface area contributed by atoms with E-state index in [1.54, 1.807) is 14.0 Å². The Morgan fingerprint density at radius 2 is 2.00 bits per heavy atom. The number of hydrogen-bond acceptors (Lipinski definition) is 4. The molecule has 0 aliphatic heterocycles. The van der Waals surface area contributed by atoms with E-state index in [0.717, 1.165) is 21.8 Å². The van der Waals surface area contributed by atoms with Crippen LogP contribution in [-0.4, -0.2) is 28.2 Å². The Kier molecular flexibility index (Phi) is 4.76. The van der Waals surface area contributed by atoms with Crippen molar-refractivity contribution in [3.63, 3.8) is 0 Å². The van der Waals surface area contributed by atoms with Gasteiger partial charge in [0, 0.05) is 11.4 Å². The summed E-state index contributed by atoms with van der Waals surface area (Å²) in [5.41, 5.74) is 0.738. The SMILES string of the molecule is CNCc1sc(S(=O)(=O)NCC(F)(F)F)cc1C. The Balaban J connectivity index is 2.88. The van der Waals surface area contributed by atoms with Crippen molar-refractivity contribution in [1.82, 2.24) is 10.0 Å². The standard InChI is InChI=1S/C9H13F3N2O2S2/c1-6-3-8(17-7(6)4-13-2)18(15,16)14-5-9(10,11)12/h3,13-14H,4-5H2,1-2H3. The van der Waals surface area contributed by atoms with Crippen molar-refractivity contribution in [2.24, 2.45) is 0 Å². The topological polar surface area (TPSA) is 58.2 Å². The van der Waals surface area contributed by atoms with E-state index in [4.69, 9.17) is 0 Å². The van der Waals surface area contributed by atoms with Crippen LogP contribution in [0.25, 0.3) is 0 Å². The third kappa shape index (κ3) is 4.23. The van der Waals surface area contributed by atoms with Crippen molar-refractivity contribution in [3.05, 3.63) is 16.5 Å². The molecule has 1 aromatic heterocycles. The molecule has 104 valence electrons. The molecule has 1 heterocycles. The van der Waals surface area contributed by atoms with E-state index in [2.05, 4.69) is 5.32 Å². The second-order valence-corrected chi connectivity index (χ2v) is 6.77. The fourth-order valence-electron chi connectivity index (χ4n) is 1.21. The molecule has 1 aromatic rings. The molecule has 0 saturated carbocycles. The number of halogens is 3. The quantitative estimate of drug-likeness (QED) is 0.869. The van der Waals surface area contributed by atoms with Crippen molar-refractivity contribution in [3.8, 4) is 0 Å². The molecule has 18 heavy (non-hydrogen) atoms. The Labute approximate surface area is 107 Å². The number of alkyl halides is 3. The highest BCUT2D eigenvalue weighted by molar-refractivity contribution is 7.91. The highest BCUT2D eigenvalue weighted by Gasteiger charge is 2.30. The van der Waals surface area contributed by atoms with Crippen LogP contribution in [0, 0.1) is 6.92 Å². The Morgan fingerprint density at radius 3 is 2.50 bits per heavy atom. The average molecular weight is 302 g/mol. The molecule has 0 aliphatic carbocycles. The van der Waals surface area contributed by atoms with E-state index >= 15 is 0 Å². The Morgan fingerprint density at radius 1 is 1.39 bits per heavy atom. The average Bonchev–Trinajstić information content (AvgIpc) is 2.58. The third-order valence-electron chi connectivity index (χ3n) is 2.06. The van der Waals surface area contributed by atoms with Crippen LogP contribution in [-0.2, 0) is 16.6 Å². The van der Waals surface area contributed by atoms with Gasteiger partial charge in [0.25, 0.3) is 0 Å². The molecule has 4 nitrogen and oxygen atoms in total. The summed E-state index contributed by atoms with van der Waals surface area (Å²) in [6, 6.07) is 1.37. The van der Waals surface area contributed by atoms with E-state index in [1.165, 1.54) is 10.8 Å². The van der Waals surface area contributed by atoms with Gasteiger partial charge >= 0.3 is 6.18 Å². The Bertz CT molecular complexity index is 508. The van der Waals surface area contributed by atoms with Crippen LogP contribution in [0.1, 0.15) is 10.4 Å². The predicted molar refractivity (Wildman–Crippen MR) is 63.1 cm³/mol. The number of nitrogens with one attached hydrogen (secondary N) is 2. The maximum atomic E-state index is 12.0. The van der Waals surface area contributed by atoms with Crippen LogP contribution < -0.4 is 10.0 Å².